The molecular weight excluding hydrogens is 262 g/mol. The van der Waals surface area contributed by atoms with E-state index in [0.29, 0.717) is 19.7 Å². The van der Waals surface area contributed by atoms with Crippen molar-refractivity contribution in [3.8, 4) is 0 Å². The molecular formula is C14H25NO5. The first-order valence-electron chi connectivity index (χ1n) is 7.15. The molecule has 0 aromatic rings. The van der Waals surface area contributed by atoms with Gasteiger partial charge >= 0.3 is 5.97 Å². The molecule has 1 amide bonds. The highest BCUT2D eigenvalue weighted by Crippen LogP contribution is 2.28. The van der Waals surface area contributed by atoms with Crippen molar-refractivity contribution in [2.45, 2.75) is 26.2 Å². The standard InChI is InChI=1S/C14H25NO5/c1-11(14(18)19-2)10-15(6-8-20-9-7-16)13(17)12-4-3-5-12/h11-12,16H,3-10H2,1-2H3. The van der Waals surface area contributed by atoms with E-state index in [4.69, 9.17) is 14.6 Å². The van der Waals surface area contributed by atoms with Crippen LogP contribution in [0.4, 0.5) is 0 Å². The van der Waals surface area contributed by atoms with E-state index in [1.807, 2.05) is 0 Å². The van der Waals surface area contributed by atoms with Crippen LogP contribution in [0.2, 0.25) is 0 Å². The number of hydrogen-bond donors (Lipinski definition) is 1. The average Bonchev–Trinajstić information content (AvgIpc) is 2.38. The molecule has 1 atom stereocenters. The summed E-state index contributed by atoms with van der Waals surface area (Å²) < 4.78 is 9.90. The Morgan fingerprint density at radius 3 is 2.55 bits per heavy atom. The molecule has 0 aliphatic heterocycles. The maximum Gasteiger partial charge on any atom is 0.310 e. The van der Waals surface area contributed by atoms with Crippen molar-refractivity contribution in [1.82, 2.24) is 4.90 Å². The Hall–Kier alpha value is -1.14. The summed E-state index contributed by atoms with van der Waals surface area (Å²) in [5, 5.41) is 8.66. The number of methoxy groups -OCH3 is 1. The Morgan fingerprint density at radius 2 is 2.05 bits per heavy atom. The van der Waals surface area contributed by atoms with Crippen LogP contribution in [0.15, 0.2) is 0 Å². The predicted molar refractivity (Wildman–Crippen MR) is 73.0 cm³/mol. The Bertz CT molecular complexity index is 317. The molecule has 1 saturated carbocycles. The second-order valence-corrected chi connectivity index (χ2v) is 5.17. The highest BCUT2D eigenvalue weighted by molar-refractivity contribution is 5.80. The van der Waals surface area contributed by atoms with Crippen LogP contribution >= 0.6 is 0 Å². The molecule has 1 aliphatic rings. The molecule has 116 valence electrons. The van der Waals surface area contributed by atoms with Gasteiger partial charge in [-0.15, -0.1) is 0 Å². The molecule has 20 heavy (non-hydrogen) atoms. The SMILES string of the molecule is COC(=O)C(C)CN(CCOCCO)C(=O)C1CCC1. The lowest BCUT2D eigenvalue weighted by atomic mass is 9.84. The molecule has 1 aliphatic carbocycles. The molecule has 6 heteroatoms. The molecule has 1 fully saturated rings. The lowest BCUT2D eigenvalue weighted by Gasteiger charge is -2.32. The monoisotopic (exact) mass is 287 g/mol. The van der Waals surface area contributed by atoms with E-state index in [1.165, 1.54) is 7.11 Å². The minimum Gasteiger partial charge on any atom is -0.469 e. The minimum absolute atomic E-state index is 0.0326. The van der Waals surface area contributed by atoms with Gasteiger partial charge in [0.1, 0.15) is 0 Å². The van der Waals surface area contributed by atoms with Crippen molar-refractivity contribution in [1.29, 1.82) is 0 Å². The predicted octanol–water partition coefficient (Wildman–Crippen LogP) is 0.433. The molecule has 0 saturated heterocycles. The van der Waals surface area contributed by atoms with Crippen LogP contribution in [0.25, 0.3) is 0 Å². The van der Waals surface area contributed by atoms with E-state index in [0.717, 1.165) is 19.3 Å². The molecule has 0 bridgehead atoms. The van der Waals surface area contributed by atoms with E-state index >= 15 is 0 Å². The van der Waals surface area contributed by atoms with Crippen molar-refractivity contribution in [2.75, 3.05) is 40.0 Å². The average molecular weight is 287 g/mol. The summed E-state index contributed by atoms with van der Waals surface area (Å²) in [6.07, 6.45) is 2.96. The van der Waals surface area contributed by atoms with Crippen molar-refractivity contribution in [3.05, 3.63) is 0 Å². The number of aliphatic hydroxyl groups excluding tert-OH is 1. The van der Waals surface area contributed by atoms with Crippen LogP contribution in [-0.2, 0) is 19.1 Å². The second kappa shape index (κ2) is 8.92. The summed E-state index contributed by atoms with van der Waals surface area (Å²) in [7, 11) is 1.35. The lowest BCUT2D eigenvalue weighted by Crippen LogP contribution is -2.44. The number of esters is 1. The van der Waals surface area contributed by atoms with E-state index in [2.05, 4.69) is 0 Å². The summed E-state index contributed by atoms with van der Waals surface area (Å²) in [6, 6.07) is 0. The van der Waals surface area contributed by atoms with Gasteiger partial charge in [-0.1, -0.05) is 13.3 Å². The zero-order chi connectivity index (χ0) is 15.0. The van der Waals surface area contributed by atoms with E-state index in [9.17, 15) is 9.59 Å². The lowest BCUT2D eigenvalue weighted by molar-refractivity contribution is -0.148. The first-order valence-corrected chi connectivity index (χ1v) is 7.15. The summed E-state index contributed by atoms with van der Waals surface area (Å²) in [4.78, 5) is 25.5. The molecule has 0 aromatic carbocycles. The van der Waals surface area contributed by atoms with E-state index in [-0.39, 0.29) is 36.9 Å². The zero-order valence-corrected chi connectivity index (χ0v) is 12.3. The number of carbonyl (C=O) groups is 2. The fourth-order valence-electron chi connectivity index (χ4n) is 2.15. The largest absolute Gasteiger partial charge is 0.469 e. The normalized spacial score (nSPS) is 16.4. The number of ether oxygens (including phenoxy) is 2. The number of nitrogens with zero attached hydrogens (tertiary/aromatic N) is 1. The molecule has 1 rings (SSSR count). The number of carbonyl (C=O) groups excluding carboxylic acids is 2. The van der Waals surface area contributed by atoms with Gasteiger partial charge in [0.05, 0.1) is 32.8 Å². The first-order chi connectivity index (χ1) is 9.60. The maximum atomic E-state index is 12.3. The topological polar surface area (TPSA) is 76.1 Å². The third-order valence-corrected chi connectivity index (χ3v) is 3.61. The third-order valence-electron chi connectivity index (χ3n) is 3.61. The molecule has 0 spiro atoms. The fourth-order valence-corrected chi connectivity index (χ4v) is 2.15. The van der Waals surface area contributed by atoms with Gasteiger partial charge in [-0.3, -0.25) is 9.59 Å². The quantitative estimate of drug-likeness (QED) is 0.492. The van der Waals surface area contributed by atoms with E-state index < -0.39 is 0 Å². The number of amides is 1. The van der Waals surface area contributed by atoms with Crippen LogP contribution in [0, 0.1) is 11.8 Å². The van der Waals surface area contributed by atoms with Crippen LogP contribution in [0.1, 0.15) is 26.2 Å². The fraction of sp³-hybridized carbons (Fsp3) is 0.857. The Kier molecular flexibility index (Phi) is 7.54. The van der Waals surface area contributed by atoms with Gasteiger partial charge in [0.25, 0.3) is 0 Å². The highest BCUT2D eigenvalue weighted by Gasteiger charge is 2.31. The Morgan fingerprint density at radius 1 is 1.35 bits per heavy atom. The summed E-state index contributed by atoms with van der Waals surface area (Å²) >= 11 is 0. The van der Waals surface area contributed by atoms with Crippen molar-refractivity contribution in [2.24, 2.45) is 11.8 Å². The number of rotatable bonds is 9. The zero-order valence-electron chi connectivity index (χ0n) is 12.3. The van der Waals surface area contributed by atoms with Gasteiger partial charge in [0, 0.05) is 19.0 Å². The van der Waals surface area contributed by atoms with Crippen LogP contribution in [-0.4, -0.2) is 61.9 Å². The maximum absolute atomic E-state index is 12.3. The van der Waals surface area contributed by atoms with Gasteiger partial charge < -0.3 is 19.5 Å². The Balaban J connectivity index is 2.48. The van der Waals surface area contributed by atoms with Crippen molar-refractivity contribution in [3.63, 3.8) is 0 Å². The van der Waals surface area contributed by atoms with E-state index in [1.54, 1.807) is 11.8 Å². The van der Waals surface area contributed by atoms with Crippen molar-refractivity contribution >= 4 is 11.9 Å². The van der Waals surface area contributed by atoms with Gasteiger partial charge in [-0.05, 0) is 12.8 Å². The van der Waals surface area contributed by atoms with Crippen LogP contribution in [0.3, 0.4) is 0 Å². The smallest absolute Gasteiger partial charge is 0.310 e. The first kappa shape index (κ1) is 16.9. The number of hydrogen-bond acceptors (Lipinski definition) is 5. The highest BCUT2D eigenvalue weighted by atomic mass is 16.5. The molecule has 1 unspecified atom stereocenters. The molecule has 6 nitrogen and oxygen atoms in total. The van der Waals surface area contributed by atoms with Gasteiger partial charge in [0.2, 0.25) is 5.91 Å². The van der Waals surface area contributed by atoms with Gasteiger partial charge in [-0.25, -0.2) is 0 Å². The summed E-state index contributed by atoms with van der Waals surface area (Å²) in [5.41, 5.74) is 0. The summed E-state index contributed by atoms with van der Waals surface area (Å²) in [6.45, 7) is 3.14. The van der Waals surface area contributed by atoms with Crippen LogP contribution < -0.4 is 0 Å². The van der Waals surface area contributed by atoms with Gasteiger partial charge in [-0.2, -0.15) is 0 Å². The minimum atomic E-state index is -0.345. The van der Waals surface area contributed by atoms with Crippen LogP contribution in [0.5, 0.6) is 0 Å². The molecule has 0 aromatic heterocycles. The number of aliphatic hydroxyl groups is 1. The van der Waals surface area contributed by atoms with Crippen molar-refractivity contribution < 1.29 is 24.2 Å². The summed E-state index contributed by atoms with van der Waals surface area (Å²) in [5.74, 6) is -0.466. The molecule has 0 heterocycles. The third kappa shape index (κ3) is 5.09. The van der Waals surface area contributed by atoms with Gasteiger partial charge in [0.15, 0.2) is 0 Å². The second-order valence-electron chi connectivity index (χ2n) is 5.17. The Labute approximate surface area is 120 Å². The molecule has 0 radical (unpaired) electrons. The molecule has 1 N–H and O–H groups in total.